The van der Waals surface area contributed by atoms with E-state index < -0.39 is 0 Å². The fourth-order valence-corrected chi connectivity index (χ4v) is 2.96. The summed E-state index contributed by atoms with van der Waals surface area (Å²) in [5.74, 6) is 2.07. The van der Waals surface area contributed by atoms with Crippen molar-refractivity contribution in [2.75, 3.05) is 7.11 Å². The lowest BCUT2D eigenvalue weighted by Crippen LogP contribution is -1.96. The first-order valence-corrected chi connectivity index (χ1v) is 7.45. The molecule has 0 aliphatic carbocycles. The van der Waals surface area contributed by atoms with Gasteiger partial charge >= 0.3 is 0 Å². The van der Waals surface area contributed by atoms with Gasteiger partial charge in [0.15, 0.2) is 5.82 Å². The number of thiophene rings is 1. The van der Waals surface area contributed by atoms with Gasteiger partial charge in [-0.2, -0.15) is 0 Å². The zero-order chi connectivity index (χ0) is 14.1. The molecule has 0 bridgehead atoms. The molecular formula is C16H16N2OS. The first kappa shape index (κ1) is 13.1. The molecule has 0 atom stereocenters. The van der Waals surface area contributed by atoms with Gasteiger partial charge in [-0.3, -0.25) is 0 Å². The third kappa shape index (κ3) is 2.27. The number of hydrogen-bond donors (Lipinski definition) is 0. The van der Waals surface area contributed by atoms with Crippen LogP contribution in [-0.2, 0) is 0 Å². The third-order valence-electron chi connectivity index (χ3n) is 3.32. The maximum absolute atomic E-state index is 5.49. The van der Waals surface area contributed by atoms with Gasteiger partial charge in [0.25, 0.3) is 0 Å². The molecule has 3 rings (SSSR count). The van der Waals surface area contributed by atoms with E-state index in [0.717, 1.165) is 27.4 Å². The van der Waals surface area contributed by atoms with Crippen LogP contribution in [0.1, 0.15) is 25.3 Å². The van der Waals surface area contributed by atoms with E-state index >= 15 is 0 Å². The lowest BCUT2D eigenvalue weighted by Gasteiger charge is -2.12. The Morgan fingerprint density at radius 2 is 2.05 bits per heavy atom. The van der Waals surface area contributed by atoms with Gasteiger partial charge in [0, 0.05) is 17.1 Å². The molecule has 4 heteroatoms. The van der Waals surface area contributed by atoms with Crippen molar-refractivity contribution >= 4 is 21.6 Å². The molecule has 1 aromatic carbocycles. The number of hydrogen-bond acceptors (Lipinski definition) is 4. The van der Waals surface area contributed by atoms with Crippen molar-refractivity contribution in [3.05, 3.63) is 41.4 Å². The SMILES string of the molecule is COc1cc(-c2ncc3ccsc3n2)ccc1C(C)C. The van der Waals surface area contributed by atoms with Gasteiger partial charge in [-0.05, 0) is 29.0 Å². The van der Waals surface area contributed by atoms with Crippen LogP contribution in [0, 0.1) is 0 Å². The van der Waals surface area contributed by atoms with Crippen molar-refractivity contribution in [1.82, 2.24) is 9.97 Å². The van der Waals surface area contributed by atoms with Crippen molar-refractivity contribution < 1.29 is 4.74 Å². The maximum Gasteiger partial charge on any atom is 0.160 e. The minimum absolute atomic E-state index is 0.430. The summed E-state index contributed by atoms with van der Waals surface area (Å²) in [5, 5.41) is 3.12. The standard InChI is InChI=1S/C16H16N2OS/c1-10(2)13-5-4-11(8-14(13)19-3)15-17-9-12-6-7-20-16(12)18-15/h4-10H,1-3H3. The molecule has 0 radical (unpaired) electrons. The van der Waals surface area contributed by atoms with Crippen LogP contribution >= 0.6 is 11.3 Å². The number of aromatic nitrogens is 2. The van der Waals surface area contributed by atoms with Crippen molar-refractivity contribution in [3.8, 4) is 17.1 Å². The number of methoxy groups -OCH3 is 1. The van der Waals surface area contributed by atoms with Gasteiger partial charge in [-0.15, -0.1) is 11.3 Å². The predicted octanol–water partition coefficient (Wildman–Crippen LogP) is 4.49. The van der Waals surface area contributed by atoms with Crippen LogP contribution in [0.15, 0.2) is 35.8 Å². The second kappa shape index (κ2) is 5.21. The molecule has 2 heterocycles. The molecule has 20 heavy (non-hydrogen) atoms. The zero-order valence-corrected chi connectivity index (χ0v) is 12.6. The van der Waals surface area contributed by atoms with Gasteiger partial charge in [0.2, 0.25) is 0 Å². The minimum atomic E-state index is 0.430. The smallest absolute Gasteiger partial charge is 0.160 e. The van der Waals surface area contributed by atoms with Crippen LogP contribution in [0.2, 0.25) is 0 Å². The van der Waals surface area contributed by atoms with Gasteiger partial charge < -0.3 is 4.74 Å². The number of rotatable bonds is 3. The van der Waals surface area contributed by atoms with Crippen molar-refractivity contribution in [1.29, 1.82) is 0 Å². The highest BCUT2D eigenvalue weighted by Crippen LogP contribution is 2.31. The fourth-order valence-electron chi connectivity index (χ4n) is 2.22. The van der Waals surface area contributed by atoms with Crippen molar-refractivity contribution in [3.63, 3.8) is 0 Å². The Kier molecular flexibility index (Phi) is 3.40. The Hall–Kier alpha value is -1.94. The second-order valence-electron chi connectivity index (χ2n) is 4.99. The van der Waals surface area contributed by atoms with Crippen molar-refractivity contribution in [2.45, 2.75) is 19.8 Å². The van der Waals surface area contributed by atoms with E-state index in [2.05, 4.69) is 35.9 Å². The zero-order valence-electron chi connectivity index (χ0n) is 11.8. The Bertz CT molecular complexity index is 749. The van der Waals surface area contributed by atoms with Gasteiger partial charge in [-0.1, -0.05) is 26.0 Å². The molecule has 0 fully saturated rings. The lowest BCUT2D eigenvalue weighted by atomic mass is 10.00. The van der Waals surface area contributed by atoms with E-state index in [0.29, 0.717) is 5.92 Å². The highest BCUT2D eigenvalue weighted by molar-refractivity contribution is 7.16. The molecular weight excluding hydrogens is 268 g/mol. The minimum Gasteiger partial charge on any atom is -0.496 e. The van der Waals surface area contributed by atoms with Crippen LogP contribution in [0.3, 0.4) is 0 Å². The number of nitrogens with zero attached hydrogens (tertiary/aromatic N) is 2. The summed E-state index contributed by atoms with van der Waals surface area (Å²) >= 11 is 1.63. The largest absolute Gasteiger partial charge is 0.496 e. The van der Waals surface area contributed by atoms with Gasteiger partial charge in [0.1, 0.15) is 10.6 Å². The molecule has 102 valence electrons. The summed E-state index contributed by atoms with van der Waals surface area (Å²) in [6.07, 6.45) is 1.87. The Labute approximate surface area is 122 Å². The summed E-state index contributed by atoms with van der Waals surface area (Å²) in [6.45, 7) is 4.32. The molecule has 0 saturated heterocycles. The molecule has 0 amide bonds. The number of benzene rings is 1. The predicted molar refractivity (Wildman–Crippen MR) is 83.5 cm³/mol. The van der Waals surface area contributed by atoms with Gasteiger partial charge in [0.05, 0.1) is 7.11 Å². The molecule has 0 unspecified atom stereocenters. The quantitative estimate of drug-likeness (QED) is 0.710. The van der Waals surface area contributed by atoms with E-state index in [9.17, 15) is 0 Å². The van der Waals surface area contributed by atoms with Crippen LogP contribution in [0.25, 0.3) is 21.6 Å². The monoisotopic (exact) mass is 284 g/mol. The summed E-state index contributed by atoms with van der Waals surface area (Å²) < 4.78 is 5.49. The topological polar surface area (TPSA) is 35.0 Å². The van der Waals surface area contributed by atoms with E-state index in [4.69, 9.17) is 4.74 Å². The average Bonchev–Trinajstić information content (AvgIpc) is 2.93. The summed E-state index contributed by atoms with van der Waals surface area (Å²) in [4.78, 5) is 10.1. The molecule has 0 saturated carbocycles. The Morgan fingerprint density at radius 3 is 2.80 bits per heavy atom. The van der Waals surface area contributed by atoms with E-state index in [1.54, 1.807) is 18.4 Å². The molecule has 0 N–H and O–H groups in total. The fraction of sp³-hybridized carbons (Fsp3) is 0.250. The highest BCUT2D eigenvalue weighted by Gasteiger charge is 2.11. The maximum atomic E-state index is 5.49. The number of fused-ring (bicyclic) bond motifs is 1. The summed E-state index contributed by atoms with van der Waals surface area (Å²) in [7, 11) is 1.70. The summed E-state index contributed by atoms with van der Waals surface area (Å²) in [5.41, 5.74) is 2.19. The normalized spacial score (nSPS) is 11.2. The molecule has 0 aliphatic rings. The number of ether oxygens (including phenoxy) is 1. The average molecular weight is 284 g/mol. The molecule has 0 aliphatic heterocycles. The highest BCUT2D eigenvalue weighted by atomic mass is 32.1. The second-order valence-corrected chi connectivity index (χ2v) is 5.88. The van der Waals surface area contributed by atoms with Crippen LogP contribution in [-0.4, -0.2) is 17.1 Å². The van der Waals surface area contributed by atoms with Crippen LogP contribution < -0.4 is 4.74 Å². The van der Waals surface area contributed by atoms with Gasteiger partial charge in [-0.25, -0.2) is 9.97 Å². The van der Waals surface area contributed by atoms with Crippen molar-refractivity contribution in [2.24, 2.45) is 0 Å². The van der Waals surface area contributed by atoms with E-state index in [1.165, 1.54) is 5.56 Å². The molecule has 0 spiro atoms. The van der Waals surface area contributed by atoms with E-state index in [1.807, 2.05) is 23.7 Å². The Balaban J connectivity index is 2.09. The van der Waals surface area contributed by atoms with Crippen LogP contribution in [0.5, 0.6) is 5.75 Å². The van der Waals surface area contributed by atoms with Crippen LogP contribution in [0.4, 0.5) is 0 Å². The first-order valence-electron chi connectivity index (χ1n) is 6.57. The van der Waals surface area contributed by atoms with E-state index in [-0.39, 0.29) is 0 Å². The molecule has 3 aromatic rings. The Morgan fingerprint density at radius 1 is 1.20 bits per heavy atom. The molecule has 2 aromatic heterocycles. The lowest BCUT2D eigenvalue weighted by molar-refractivity contribution is 0.407. The first-order chi connectivity index (χ1) is 9.69. The third-order valence-corrected chi connectivity index (χ3v) is 4.14. The summed E-state index contributed by atoms with van der Waals surface area (Å²) in [6, 6.07) is 8.21. The molecule has 3 nitrogen and oxygen atoms in total.